The van der Waals surface area contributed by atoms with Crippen LogP contribution in [0.25, 0.3) is 0 Å². The highest BCUT2D eigenvalue weighted by atomic mass is 19.4. The first-order valence-corrected chi connectivity index (χ1v) is 3.83. The van der Waals surface area contributed by atoms with E-state index in [1.807, 2.05) is 0 Å². The molecule has 0 radical (unpaired) electrons. The Morgan fingerprint density at radius 1 is 1.57 bits per heavy atom. The minimum absolute atomic E-state index is 0.00481. The number of alkyl halides is 3. The molecule has 3 nitrogen and oxygen atoms in total. The van der Waals surface area contributed by atoms with E-state index in [1.54, 1.807) is 6.07 Å². The fraction of sp³-hybridized carbons (Fsp3) is 0.375. The van der Waals surface area contributed by atoms with E-state index in [-0.39, 0.29) is 6.42 Å². The van der Waals surface area contributed by atoms with Gasteiger partial charge in [0.15, 0.2) is 0 Å². The summed E-state index contributed by atoms with van der Waals surface area (Å²) in [6.07, 6.45) is -3.23. The van der Waals surface area contributed by atoms with E-state index < -0.39 is 17.9 Å². The van der Waals surface area contributed by atoms with E-state index in [0.29, 0.717) is 5.56 Å². The highest BCUT2D eigenvalue weighted by molar-refractivity contribution is 5.22. The van der Waals surface area contributed by atoms with Gasteiger partial charge in [-0.15, -0.1) is 0 Å². The molecule has 0 amide bonds. The third kappa shape index (κ3) is 2.26. The van der Waals surface area contributed by atoms with Crippen LogP contribution in [0.1, 0.15) is 23.7 Å². The van der Waals surface area contributed by atoms with Crippen LogP contribution in [-0.2, 0) is 6.18 Å². The zero-order valence-corrected chi connectivity index (χ0v) is 7.10. The van der Waals surface area contributed by atoms with Crippen molar-refractivity contribution in [3.05, 3.63) is 23.5 Å². The van der Waals surface area contributed by atoms with Crippen LogP contribution < -0.4 is 5.73 Å². The van der Waals surface area contributed by atoms with Crippen molar-refractivity contribution in [3.8, 4) is 6.07 Å². The van der Waals surface area contributed by atoms with E-state index >= 15 is 0 Å². The largest absolute Gasteiger partial charge is 0.431 e. The van der Waals surface area contributed by atoms with Gasteiger partial charge in [-0.1, -0.05) is 0 Å². The molecule has 76 valence electrons. The maximum Gasteiger partial charge on any atom is 0.431 e. The Morgan fingerprint density at radius 2 is 2.21 bits per heavy atom. The molecule has 0 aliphatic heterocycles. The lowest BCUT2D eigenvalue weighted by Crippen LogP contribution is -2.08. The van der Waals surface area contributed by atoms with Gasteiger partial charge in [0.25, 0.3) is 0 Å². The molecule has 0 saturated heterocycles. The topological polar surface area (TPSA) is 65.6 Å². The molecule has 1 aromatic rings. The normalized spacial score (nSPS) is 13.6. The van der Waals surface area contributed by atoms with Gasteiger partial charge >= 0.3 is 6.18 Å². The molecule has 1 heterocycles. The molecule has 1 rings (SSSR count). The summed E-state index contributed by atoms with van der Waals surface area (Å²) in [6, 6.07) is 2.04. The van der Waals surface area contributed by atoms with E-state index in [4.69, 9.17) is 11.0 Å². The molecular formula is C8H8F3N3. The standard InChI is InChI=1S/C8H8F3N3/c9-8(10,11)7-3-5(4-14-7)6(13)1-2-12/h3-4,6,14H,1,13H2/t6-/m0/s1. The van der Waals surface area contributed by atoms with Gasteiger partial charge in [-0.25, -0.2) is 0 Å². The minimum atomic E-state index is -4.40. The maximum absolute atomic E-state index is 12.1. The molecule has 0 spiro atoms. The summed E-state index contributed by atoms with van der Waals surface area (Å²) in [7, 11) is 0. The van der Waals surface area contributed by atoms with Gasteiger partial charge in [0.05, 0.1) is 12.5 Å². The van der Waals surface area contributed by atoms with Gasteiger partial charge in [-0.3, -0.25) is 0 Å². The number of nitrogens with one attached hydrogen (secondary N) is 1. The van der Waals surface area contributed by atoms with E-state index in [1.165, 1.54) is 6.20 Å². The molecular weight excluding hydrogens is 195 g/mol. The molecule has 0 aliphatic carbocycles. The molecule has 0 aliphatic rings. The van der Waals surface area contributed by atoms with Crippen LogP contribution in [0.5, 0.6) is 0 Å². The van der Waals surface area contributed by atoms with Crippen LogP contribution in [0.15, 0.2) is 12.3 Å². The average molecular weight is 203 g/mol. The number of rotatable bonds is 2. The number of aromatic nitrogens is 1. The van der Waals surface area contributed by atoms with E-state index in [9.17, 15) is 13.2 Å². The lowest BCUT2D eigenvalue weighted by molar-refractivity contribution is -0.140. The number of hydrogen-bond acceptors (Lipinski definition) is 2. The van der Waals surface area contributed by atoms with Crippen molar-refractivity contribution >= 4 is 0 Å². The molecule has 1 atom stereocenters. The van der Waals surface area contributed by atoms with Crippen LogP contribution in [0.3, 0.4) is 0 Å². The molecule has 0 fully saturated rings. The van der Waals surface area contributed by atoms with Crippen molar-refractivity contribution in [1.82, 2.24) is 4.98 Å². The van der Waals surface area contributed by atoms with Crippen LogP contribution in [-0.4, -0.2) is 4.98 Å². The Bertz CT molecular complexity index is 347. The summed E-state index contributed by atoms with van der Waals surface area (Å²) in [6.45, 7) is 0. The zero-order chi connectivity index (χ0) is 10.8. The first kappa shape index (κ1) is 10.6. The summed E-state index contributed by atoms with van der Waals surface area (Å²) in [5.41, 5.74) is 4.90. The predicted molar refractivity (Wildman–Crippen MR) is 43.0 cm³/mol. The Hall–Kier alpha value is -1.48. The predicted octanol–water partition coefficient (Wildman–Crippen LogP) is 1.95. The second kappa shape index (κ2) is 3.72. The Morgan fingerprint density at radius 3 is 2.64 bits per heavy atom. The van der Waals surface area contributed by atoms with Crippen molar-refractivity contribution in [2.45, 2.75) is 18.6 Å². The Kier molecular flexibility index (Phi) is 2.81. The van der Waals surface area contributed by atoms with Crippen LogP contribution in [0.4, 0.5) is 13.2 Å². The Labute approximate surface area is 78.3 Å². The summed E-state index contributed by atoms with van der Waals surface area (Å²) < 4.78 is 36.3. The average Bonchev–Trinajstić information content (AvgIpc) is 2.51. The van der Waals surface area contributed by atoms with E-state index in [0.717, 1.165) is 6.07 Å². The third-order valence-corrected chi connectivity index (χ3v) is 1.75. The number of H-pyrrole nitrogens is 1. The van der Waals surface area contributed by atoms with Crippen molar-refractivity contribution < 1.29 is 13.2 Å². The molecule has 6 heteroatoms. The van der Waals surface area contributed by atoms with Crippen LogP contribution in [0, 0.1) is 11.3 Å². The highest BCUT2D eigenvalue weighted by Gasteiger charge is 2.32. The fourth-order valence-electron chi connectivity index (χ4n) is 1.01. The summed E-state index contributed by atoms with van der Waals surface area (Å²) in [4.78, 5) is 2.07. The summed E-state index contributed by atoms with van der Waals surface area (Å²) in [5, 5.41) is 8.30. The number of nitrogens with two attached hydrogens (primary N) is 1. The van der Waals surface area contributed by atoms with Crippen molar-refractivity contribution in [2.75, 3.05) is 0 Å². The quantitative estimate of drug-likeness (QED) is 0.771. The summed E-state index contributed by atoms with van der Waals surface area (Å²) in [5.74, 6) is 0. The first-order valence-electron chi connectivity index (χ1n) is 3.83. The van der Waals surface area contributed by atoms with Gasteiger partial charge in [0.2, 0.25) is 0 Å². The van der Waals surface area contributed by atoms with Gasteiger partial charge in [0, 0.05) is 12.2 Å². The Balaban J connectivity index is 2.84. The smallest absolute Gasteiger partial charge is 0.357 e. The number of halogens is 3. The minimum Gasteiger partial charge on any atom is -0.357 e. The summed E-state index contributed by atoms with van der Waals surface area (Å²) >= 11 is 0. The molecule has 14 heavy (non-hydrogen) atoms. The van der Waals surface area contributed by atoms with Gasteiger partial charge in [0.1, 0.15) is 5.69 Å². The third-order valence-electron chi connectivity index (χ3n) is 1.75. The number of aromatic amines is 1. The SMILES string of the molecule is N#CC[C@H](N)c1c[nH]c(C(F)(F)F)c1. The maximum atomic E-state index is 12.1. The molecule has 1 aromatic heterocycles. The number of nitrogens with zero attached hydrogens (tertiary/aromatic N) is 1. The molecule has 3 N–H and O–H groups in total. The lowest BCUT2D eigenvalue weighted by Gasteiger charge is -2.03. The molecule has 0 saturated carbocycles. The highest BCUT2D eigenvalue weighted by Crippen LogP contribution is 2.29. The zero-order valence-electron chi connectivity index (χ0n) is 7.10. The van der Waals surface area contributed by atoms with Crippen LogP contribution >= 0.6 is 0 Å². The molecule has 0 bridgehead atoms. The van der Waals surface area contributed by atoms with Crippen molar-refractivity contribution in [2.24, 2.45) is 5.73 Å². The second-order valence-corrected chi connectivity index (χ2v) is 2.81. The van der Waals surface area contributed by atoms with Gasteiger partial charge < -0.3 is 10.7 Å². The molecule has 0 unspecified atom stereocenters. The van der Waals surface area contributed by atoms with Crippen molar-refractivity contribution in [1.29, 1.82) is 5.26 Å². The van der Waals surface area contributed by atoms with Crippen molar-refractivity contribution in [3.63, 3.8) is 0 Å². The fourth-order valence-corrected chi connectivity index (χ4v) is 1.01. The monoisotopic (exact) mass is 203 g/mol. The second-order valence-electron chi connectivity index (χ2n) is 2.81. The number of nitriles is 1. The van der Waals surface area contributed by atoms with Crippen LogP contribution in [0.2, 0.25) is 0 Å². The lowest BCUT2D eigenvalue weighted by atomic mass is 10.1. The van der Waals surface area contributed by atoms with E-state index in [2.05, 4.69) is 4.98 Å². The van der Waals surface area contributed by atoms with Gasteiger partial charge in [-0.2, -0.15) is 18.4 Å². The number of hydrogen-bond donors (Lipinski definition) is 2. The first-order chi connectivity index (χ1) is 6.45. The van der Waals surface area contributed by atoms with Gasteiger partial charge in [-0.05, 0) is 11.6 Å². The molecule has 0 aromatic carbocycles.